The van der Waals surface area contributed by atoms with Gasteiger partial charge in [0.2, 0.25) is 0 Å². The molecule has 1 N–H and O–H groups in total. The van der Waals surface area contributed by atoms with Crippen molar-refractivity contribution in [3.63, 3.8) is 0 Å². The second-order valence-corrected chi connectivity index (χ2v) is 3.26. The molecule has 1 aromatic rings. The number of hydrogen-bond donors (Lipinski definition) is 1. The zero-order valence-electron chi connectivity index (χ0n) is 8.88. The number of rotatable bonds is 5. The van der Waals surface area contributed by atoms with Gasteiger partial charge in [0.25, 0.3) is 0 Å². The minimum absolute atomic E-state index is 0.606. The van der Waals surface area contributed by atoms with E-state index in [2.05, 4.69) is 27.7 Å². The van der Waals surface area contributed by atoms with Gasteiger partial charge in [0.05, 0.1) is 12.2 Å². The van der Waals surface area contributed by atoms with E-state index in [0.29, 0.717) is 6.54 Å². The van der Waals surface area contributed by atoms with Crippen LogP contribution in [0.2, 0.25) is 0 Å². The molecule has 0 saturated carbocycles. The lowest BCUT2D eigenvalue weighted by Gasteiger charge is -2.07. The van der Waals surface area contributed by atoms with Crippen LogP contribution in [0.5, 0.6) is 0 Å². The summed E-state index contributed by atoms with van der Waals surface area (Å²) >= 11 is 0. The number of aryl methyl sites for hydroxylation is 1. The van der Waals surface area contributed by atoms with E-state index in [0.717, 1.165) is 31.0 Å². The summed E-state index contributed by atoms with van der Waals surface area (Å²) in [7, 11) is 0. The first-order valence-electron chi connectivity index (χ1n) is 4.94. The van der Waals surface area contributed by atoms with Gasteiger partial charge in [-0.3, -0.25) is 0 Å². The van der Waals surface area contributed by atoms with Crippen molar-refractivity contribution in [3.05, 3.63) is 17.7 Å². The predicted octanol–water partition coefficient (Wildman–Crippen LogP) is 1.32. The molecule has 0 atom stereocenters. The minimum Gasteiger partial charge on any atom is -0.319 e. The van der Waals surface area contributed by atoms with Crippen molar-refractivity contribution in [2.75, 3.05) is 6.54 Å². The molecular formula is C11H17N3. The molecule has 1 aromatic heterocycles. The monoisotopic (exact) mass is 191 g/mol. The molecule has 0 fully saturated rings. The number of imidazole rings is 1. The van der Waals surface area contributed by atoms with E-state index in [9.17, 15) is 0 Å². The normalized spacial score (nSPS) is 10.1. The SMILES string of the molecule is C#CCn1c(CNCCC)cnc1C. The van der Waals surface area contributed by atoms with E-state index in [1.165, 1.54) is 0 Å². The van der Waals surface area contributed by atoms with Crippen LogP contribution in [-0.4, -0.2) is 16.1 Å². The van der Waals surface area contributed by atoms with E-state index in [1.807, 2.05) is 13.1 Å². The molecule has 3 nitrogen and oxygen atoms in total. The molecule has 0 saturated heterocycles. The molecule has 0 bridgehead atoms. The average Bonchev–Trinajstić information content (AvgIpc) is 2.51. The first-order valence-corrected chi connectivity index (χ1v) is 4.94. The predicted molar refractivity (Wildman–Crippen MR) is 57.8 cm³/mol. The standard InChI is InChI=1S/C11H17N3/c1-4-6-12-8-11-9-13-10(3)14(11)7-5-2/h2,9,12H,4,6-8H2,1,3H3. The van der Waals surface area contributed by atoms with Crippen molar-refractivity contribution < 1.29 is 0 Å². The van der Waals surface area contributed by atoms with Crippen LogP contribution in [0.25, 0.3) is 0 Å². The summed E-state index contributed by atoms with van der Waals surface area (Å²) < 4.78 is 2.06. The fourth-order valence-electron chi connectivity index (χ4n) is 1.36. The molecule has 0 amide bonds. The van der Waals surface area contributed by atoms with E-state index < -0.39 is 0 Å². The summed E-state index contributed by atoms with van der Waals surface area (Å²) in [5.74, 6) is 3.62. The lowest BCUT2D eigenvalue weighted by atomic mass is 10.4. The number of nitrogens with zero attached hydrogens (tertiary/aromatic N) is 2. The van der Waals surface area contributed by atoms with Gasteiger partial charge in [-0.1, -0.05) is 12.8 Å². The highest BCUT2D eigenvalue weighted by Crippen LogP contribution is 2.03. The Morgan fingerprint density at radius 1 is 1.64 bits per heavy atom. The Kier molecular flexibility index (Phi) is 4.21. The van der Waals surface area contributed by atoms with Crippen molar-refractivity contribution in [2.45, 2.75) is 33.4 Å². The van der Waals surface area contributed by atoms with Gasteiger partial charge in [0.15, 0.2) is 0 Å². The van der Waals surface area contributed by atoms with Gasteiger partial charge in [-0.05, 0) is 19.9 Å². The second-order valence-electron chi connectivity index (χ2n) is 3.26. The molecule has 0 spiro atoms. The molecule has 14 heavy (non-hydrogen) atoms. The number of hydrogen-bond acceptors (Lipinski definition) is 2. The Balaban J connectivity index is 2.62. The van der Waals surface area contributed by atoms with E-state index >= 15 is 0 Å². The smallest absolute Gasteiger partial charge is 0.106 e. The zero-order valence-corrected chi connectivity index (χ0v) is 8.88. The van der Waals surface area contributed by atoms with Crippen LogP contribution in [0, 0.1) is 19.3 Å². The Morgan fingerprint density at radius 3 is 3.07 bits per heavy atom. The maximum atomic E-state index is 5.29. The first-order chi connectivity index (χ1) is 6.79. The quantitative estimate of drug-likeness (QED) is 0.562. The van der Waals surface area contributed by atoms with Gasteiger partial charge in [-0.25, -0.2) is 4.98 Å². The molecular weight excluding hydrogens is 174 g/mol. The highest BCUT2D eigenvalue weighted by Gasteiger charge is 2.03. The van der Waals surface area contributed by atoms with Crippen LogP contribution in [0.4, 0.5) is 0 Å². The number of terminal acetylenes is 1. The molecule has 0 aliphatic heterocycles. The van der Waals surface area contributed by atoms with Crippen molar-refractivity contribution >= 4 is 0 Å². The van der Waals surface area contributed by atoms with Gasteiger partial charge in [0.1, 0.15) is 5.82 Å². The molecule has 1 heterocycles. The maximum Gasteiger partial charge on any atom is 0.106 e. The van der Waals surface area contributed by atoms with Crippen LogP contribution in [0.3, 0.4) is 0 Å². The van der Waals surface area contributed by atoms with Gasteiger partial charge in [-0.2, -0.15) is 0 Å². The fourth-order valence-corrected chi connectivity index (χ4v) is 1.36. The molecule has 0 unspecified atom stereocenters. The summed E-state index contributed by atoms with van der Waals surface area (Å²) in [6.07, 6.45) is 8.32. The topological polar surface area (TPSA) is 29.9 Å². The Labute approximate surface area is 85.5 Å². The average molecular weight is 191 g/mol. The molecule has 76 valence electrons. The summed E-state index contributed by atoms with van der Waals surface area (Å²) in [5, 5.41) is 3.33. The lowest BCUT2D eigenvalue weighted by Crippen LogP contribution is -2.17. The minimum atomic E-state index is 0.606. The van der Waals surface area contributed by atoms with Gasteiger partial charge < -0.3 is 9.88 Å². The zero-order chi connectivity index (χ0) is 10.4. The highest BCUT2D eigenvalue weighted by molar-refractivity contribution is 5.07. The van der Waals surface area contributed by atoms with Crippen LogP contribution < -0.4 is 5.32 Å². The molecule has 0 aliphatic rings. The third-order valence-corrected chi connectivity index (χ3v) is 2.12. The Bertz CT molecular complexity index is 320. The van der Waals surface area contributed by atoms with Gasteiger partial charge in [-0.15, -0.1) is 6.42 Å². The molecule has 0 aliphatic carbocycles. The molecule has 0 aromatic carbocycles. The lowest BCUT2D eigenvalue weighted by molar-refractivity contribution is 0.630. The Hall–Kier alpha value is -1.27. The largest absolute Gasteiger partial charge is 0.319 e. The van der Waals surface area contributed by atoms with Crippen LogP contribution in [-0.2, 0) is 13.1 Å². The summed E-state index contributed by atoms with van der Waals surface area (Å²) in [5.41, 5.74) is 1.16. The number of aromatic nitrogens is 2. The van der Waals surface area contributed by atoms with Crippen LogP contribution in [0.15, 0.2) is 6.20 Å². The van der Waals surface area contributed by atoms with E-state index in [1.54, 1.807) is 0 Å². The molecule has 3 heteroatoms. The van der Waals surface area contributed by atoms with E-state index in [4.69, 9.17) is 6.42 Å². The van der Waals surface area contributed by atoms with Crippen molar-refractivity contribution in [1.29, 1.82) is 0 Å². The van der Waals surface area contributed by atoms with Gasteiger partial charge >= 0.3 is 0 Å². The third kappa shape index (κ3) is 2.61. The molecule has 1 rings (SSSR count). The third-order valence-electron chi connectivity index (χ3n) is 2.12. The van der Waals surface area contributed by atoms with Crippen molar-refractivity contribution in [1.82, 2.24) is 14.9 Å². The second kappa shape index (κ2) is 5.46. The Morgan fingerprint density at radius 2 is 2.43 bits per heavy atom. The fraction of sp³-hybridized carbons (Fsp3) is 0.545. The summed E-state index contributed by atoms with van der Waals surface area (Å²) in [6.45, 7) is 6.60. The highest BCUT2D eigenvalue weighted by atomic mass is 15.1. The first kappa shape index (κ1) is 10.8. The summed E-state index contributed by atoms with van der Waals surface area (Å²) in [4.78, 5) is 4.24. The van der Waals surface area contributed by atoms with Crippen molar-refractivity contribution in [3.8, 4) is 12.3 Å². The maximum absolute atomic E-state index is 5.29. The van der Waals surface area contributed by atoms with Crippen LogP contribution >= 0.6 is 0 Å². The summed E-state index contributed by atoms with van der Waals surface area (Å²) in [6, 6.07) is 0. The van der Waals surface area contributed by atoms with Crippen molar-refractivity contribution in [2.24, 2.45) is 0 Å². The van der Waals surface area contributed by atoms with E-state index in [-0.39, 0.29) is 0 Å². The van der Waals surface area contributed by atoms with Crippen LogP contribution in [0.1, 0.15) is 24.9 Å². The van der Waals surface area contributed by atoms with Gasteiger partial charge in [0, 0.05) is 12.7 Å². The number of nitrogens with one attached hydrogen (secondary N) is 1. The molecule has 0 radical (unpaired) electrons.